The predicted molar refractivity (Wildman–Crippen MR) is 308 cm³/mol. The van der Waals surface area contributed by atoms with Gasteiger partial charge in [0, 0.05) is 33.4 Å². The Morgan fingerprint density at radius 3 is 1.38 bits per heavy atom. The summed E-state index contributed by atoms with van der Waals surface area (Å²) in [6.45, 7) is 30.7. The molecule has 86 heavy (non-hydrogen) atoms. The van der Waals surface area contributed by atoms with Gasteiger partial charge < -0.3 is 75.7 Å². The van der Waals surface area contributed by atoms with Crippen molar-refractivity contribution >= 4 is 82.6 Å². The number of nitrogens with one attached hydrogen (secondary N) is 2. The third-order valence-corrected chi connectivity index (χ3v) is 7.69. The topological polar surface area (TPSA) is 467 Å². The molecule has 0 atom stereocenters. The number of Topliss-reactive ketones (excluding diaryl/α,β-unsaturated/α-hetero) is 1. The van der Waals surface area contributed by atoms with Crippen LogP contribution in [-0.2, 0) is 83.0 Å². The fourth-order valence-electron chi connectivity index (χ4n) is 3.76. The highest BCUT2D eigenvalue weighted by Crippen LogP contribution is 2.14. The lowest BCUT2D eigenvalue weighted by Crippen LogP contribution is -2.32. The molecule has 2 aromatic heterocycles. The zero-order chi connectivity index (χ0) is 66.9. The van der Waals surface area contributed by atoms with Gasteiger partial charge in [0.2, 0.25) is 20.4 Å². The number of hydrogen-bond acceptors (Lipinski definition) is 27. The maximum atomic E-state index is 11.4. The molecule has 468 valence electrons. The van der Waals surface area contributed by atoms with Crippen molar-refractivity contribution < 1.29 is 95.4 Å². The smallest absolute Gasteiger partial charge is 0.441 e. The first-order valence-corrected chi connectivity index (χ1v) is 24.0. The largest absolute Gasteiger partial charge is 0.454 e. The van der Waals surface area contributed by atoms with E-state index in [0.29, 0.717) is 39.4 Å². The molecule has 0 saturated heterocycles. The average molecular weight is 1210 g/mol. The summed E-state index contributed by atoms with van der Waals surface area (Å²) in [4.78, 5) is 128. The van der Waals surface area contributed by atoms with Gasteiger partial charge in [0.15, 0.2) is 24.9 Å². The van der Waals surface area contributed by atoms with Gasteiger partial charge in [0.1, 0.15) is 23.4 Å². The average Bonchev–Trinajstić information content (AvgIpc) is 2.78. The second-order valence-corrected chi connectivity index (χ2v) is 15.8. The first-order valence-electron chi connectivity index (χ1n) is 24.0. The molecule has 0 bridgehead atoms. The zero-order valence-electron chi connectivity index (χ0n) is 49.1. The van der Waals surface area contributed by atoms with Crippen LogP contribution in [-0.4, -0.2) is 126 Å². The highest BCUT2D eigenvalue weighted by atomic mass is 16.7. The van der Waals surface area contributed by atoms with E-state index in [-0.39, 0.29) is 54.1 Å². The molecule has 10 N–H and O–H groups in total. The number of imidazole rings is 1. The Kier molecular flexibility index (Phi) is 46.0. The SMILES string of the molecule is C=C(C)C(=O)OCNC(N)=O.C=C(C)C(=O)OCOC(=O)CN.C=C(C)C(=O)OCOC(=O)N=N.C=C(C)C(=O)OCOC(=O)c1ccccc1.C=C(C)C(=O)OCn1cnc2c(N)ncnc21.C=C(C)C(=O)Oc1ccccc1.CC(C)=O.CN. The molecule has 2 heterocycles. The number of hydrogen-bond donors (Lipinski definition) is 6. The van der Waals surface area contributed by atoms with Crippen molar-refractivity contribution in [1.82, 2.24) is 24.8 Å². The molecule has 3 amide bonds. The van der Waals surface area contributed by atoms with Gasteiger partial charge in [-0.25, -0.2) is 58.1 Å². The highest BCUT2D eigenvalue weighted by molar-refractivity contribution is 5.91. The Morgan fingerprint density at radius 1 is 0.558 bits per heavy atom. The number of carbonyl (C=O) groups is 11. The second-order valence-electron chi connectivity index (χ2n) is 15.8. The third-order valence-electron chi connectivity index (χ3n) is 7.69. The molecular weight excluding hydrogens is 1130 g/mol. The Balaban J connectivity index is -0.000000464. The molecular formula is C55H73N11O20. The van der Waals surface area contributed by atoms with Gasteiger partial charge in [-0.3, -0.25) is 9.36 Å². The van der Waals surface area contributed by atoms with E-state index < -0.39 is 74.3 Å². The number of primary amides is 1. The number of rotatable bonds is 19. The molecule has 0 radical (unpaired) electrons. The normalized spacial score (nSPS) is 8.92. The summed E-state index contributed by atoms with van der Waals surface area (Å²) in [5, 5.41) is 4.49. The number of benzene rings is 2. The van der Waals surface area contributed by atoms with Crippen molar-refractivity contribution in [3.8, 4) is 5.75 Å². The van der Waals surface area contributed by atoms with E-state index in [9.17, 15) is 52.7 Å². The van der Waals surface area contributed by atoms with Crippen LogP contribution >= 0.6 is 0 Å². The standard InChI is InChI=1S/C12H12O4.C10H11N5O2.C10H10O2.C7H11NO4.C6H8N2O4.C6H10N2O3.C3H6O.CH5N/c1-9(2)11(13)15-8-16-12(14)10-6-4-3-5-7-10;1-6(2)10(16)17-5-15-4-14-7-8(11)12-3-13-9(7)15;1-8(2)10(11)12-9-6-4-3-5-7-9;1-5(2)7(10)12-4-11-6(9)3-8;1-4(2)5(9)11-3-12-6(10)8-7;1-4(2)5(9)11-3-8-6(7)10;1-3(2)4;1-2/h3-7H,1,8H2,2H3;3-4H,1,5H2,2H3,(H2,11,12,13);3-7H,1H2,2H3;1,3-4,8H2,2H3;7H,1,3H2,2H3;1,3H2,2H3,(H3,7,8,10);1-2H3;2H2,1H3. The quantitative estimate of drug-likeness (QED) is 0.0174. The van der Waals surface area contributed by atoms with E-state index in [1.807, 2.05) is 6.07 Å². The lowest BCUT2D eigenvalue weighted by atomic mass is 10.2. The number of ketones is 1. The number of urea groups is 1. The van der Waals surface area contributed by atoms with Crippen LogP contribution in [0.15, 0.2) is 151 Å². The van der Waals surface area contributed by atoms with E-state index in [0.717, 1.165) is 0 Å². The number of para-hydroxylation sites is 1. The number of amides is 3. The van der Waals surface area contributed by atoms with Crippen molar-refractivity contribution in [2.45, 2.75) is 62.1 Å². The number of esters is 8. The number of ether oxygens (including phenoxy) is 9. The maximum absolute atomic E-state index is 11.4. The minimum Gasteiger partial charge on any atom is -0.441 e. The van der Waals surface area contributed by atoms with E-state index in [4.69, 9.17) is 36.9 Å². The van der Waals surface area contributed by atoms with Gasteiger partial charge in [-0.15, -0.1) is 0 Å². The summed E-state index contributed by atoms with van der Waals surface area (Å²) in [5.74, 6) is -3.40. The number of aromatic nitrogens is 4. The van der Waals surface area contributed by atoms with Gasteiger partial charge in [-0.05, 0) is 86.7 Å². The van der Waals surface area contributed by atoms with E-state index >= 15 is 0 Å². The van der Waals surface area contributed by atoms with Crippen LogP contribution in [0, 0.1) is 5.53 Å². The van der Waals surface area contributed by atoms with Crippen molar-refractivity contribution in [3.05, 3.63) is 152 Å². The first-order chi connectivity index (χ1) is 40.3. The number of fused-ring (bicyclic) bond motifs is 1. The molecule has 0 unspecified atom stereocenters. The molecule has 0 aliphatic rings. The van der Waals surface area contributed by atoms with Gasteiger partial charge in [0.25, 0.3) is 0 Å². The number of anilines is 1. The molecule has 2 aromatic carbocycles. The van der Waals surface area contributed by atoms with Crippen LogP contribution in [0.25, 0.3) is 11.2 Å². The van der Waals surface area contributed by atoms with E-state index in [1.54, 1.807) is 73.0 Å². The van der Waals surface area contributed by atoms with Crippen molar-refractivity contribution in [1.29, 1.82) is 5.53 Å². The van der Waals surface area contributed by atoms with E-state index in [2.05, 4.69) is 99.0 Å². The Bertz CT molecular complexity index is 2960. The monoisotopic (exact) mass is 1210 g/mol. The first kappa shape index (κ1) is 81.4. The Hall–Kier alpha value is -11.1. The number of nitrogens with two attached hydrogens (primary N) is 4. The summed E-state index contributed by atoms with van der Waals surface area (Å²) < 4.78 is 42.6. The fourth-order valence-corrected chi connectivity index (χ4v) is 3.76. The van der Waals surface area contributed by atoms with Crippen molar-refractivity contribution in [2.24, 2.45) is 22.3 Å². The van der Waals surface area contributed by atoms with Gasteiger partial charge >= 0.3 is 59.9 Å². The Labute approximate surface area is 495 Å². The molecule has 4 rings (SSSR count). The zero-order valence-corrected chi connectivity index (χ0v) is 49.1. The predicted octanol–water partition coefficient (Wildman–Crippen LogP) is 5.27. The molecule has 31 heteroatoms. The van der Waals surface area contributed by atoms with Crippen LogP contribution < -0.4 is 33.0 Å². The minimum absolute atomic E-state index is 0.0125. The van der Waals surface area contributed by atoms with Crippen LogP contribution in [0.1, 0.15) is 65.7 Å². The summed E-state index contributed by atoms with van der Waals surface area (Å²) in [6.07, 6.45) is 1.71. The summed E-state index contributed by atoms with van der Waals surface area (Å²) in [7, 11) is 1.50. The molecule has 0 aliphatic heterocycles. The van der Waals surface area contributed by atoms with Gasteiger partial charge in [-0.1, -0.05) is 81.0 Å². The number of nitrogen functional groups attached to an aromatic ring is 1. The number of nitrogens with zero attached hydrogens (tertiary/aromatic N) is 5. The lowest BCUT2D eigenvalue weighted by Gasteiger charge is -2.05. The van der Waals surface area contributed by atoms with Gasteiger partial charge in [-0.2, -0.15) is 5.53 Å². The van der Waals surface area contributed by atoms with Crippen molar-refractivity contribution in [3.63, 3.8) is 0 Å². The number of carbonyl (C=O) groups excluding carboxylic acids is 11. The van der Waals surface area contributed by atoms with Crippen LogP contribution in [0.3, 0.4) is 0 Å². The summed E-state index contributed by atoms with van der Waals surface area (Å²) in [5.41, 5.74) is 29.0. The molecule has 0 spiro atoms. The van der Waals surface area contributed by atoms with Crippen LogP contribution in [0.2, 0.25) is 0 Å². The van der Waals surface area contributed by atoms with Crippen LogP contribution in [0.4, 0.5) is 15.4 Å². The minimum atomic E-state index is -1.11. The molecule has 0 saturated carbocycles. The fraction of sp³-hybridized carbons (Fsp3) is 0.273. The molecule has 4 aromatic rings. The molecule has 0 aliphatic carbocycles. The van der Waals surface area contributed by atoms with E-state index in [1.165, 1.54) is 61.2 Å². The summed E-state index contributed by atoms with van der Waals surface area (Å²) in [6, 6.07) is 16.6. The molecule has 31 nitrogen and oxygen atoms in total. The summed E-state index contributed by atoms with van der Waals surface area (Å²) >= 11 is 0. The van der Waals surface area contributed by atoms with Gasteiger partial charge in [0.05, 0.1) is 18.4 Å². The maximum Gasteiger partial charge on any atom is 0.454 e. The third kappa shape index (κ3) is 43.7. The second kappa shape index (κ2) is 48.6. The Morgan fingerprint density at radius 2 is 0.965 bits per heavy atom. The highest BCUT2D eigenvalue weighted by Gasteiger charge is 2.12. The lowest BCUT2D eigenvalue weighted by molar-refractivity contribution is -0.163. The molecule has 0 fully saturated rings. The van der Waals surface area contributed by atoms with Crippen molar-refractivity contribution in [2.75, 3.05) is 46.4 Å². The van der Waals surface area contributed by atoms with Crippen LogP contribution in [0.5, 0.6) is 5.75 Å².